The molecule has 1 fully saturated rings. The van der Waals surface area contributed by atoms with Crippen molar-refractivity contribution in [1.29, 1.82) is 0 Å². The molecule has 1 aromatic carbocycles. The molecular weight excluding hydrogens is 327 g/mol. The summed E-state index contributed by atoms with van der Waals surface area (Å²) in [6.45, 7) is 0. The standard InChI is InChI=1S/C14H19IO2/c1-17-12-6-3-2-5-11(12)14(8-4-9-14)13(16)7-10-15/h2-3,5-6,13,16H,4,7-10H2,1H3/t13-/m1/s1. The van der Waals surface area contributed by atoms with E-state index in [0.717, 1.165) is 29.4 Å². The first kappa shape index (κ1) is 13.1. The maximum atomic E-state index is 10.4. The van der Waals surface area contributed by atoms with Crippen LogP contribution in [0.15, 0.2) is 24.3 Å². The van der Waals surface area contributed by atoms with E-state index in [1.165, 1.54) is 12.0 Å². The van der Waals surface area contributed by atoms with Gasteiger partial charge in [-0.1, -0.05) is 47.2 Å². The van der Waals surface area contributed by atoms with E-state index >= 15 is 0 Å². The van der Waals surface area contributed by atoms with Crippen LogP contribution in [-0.4, -0.2) is 22.7 Å². The summed E-state index contributed by atoms with van der Waals surface area (Å²) >= 11 is 2.33. The molecule has 2 rings (SSSR count). The predicted molar refractivity (Wildman–Crippen MR) is 78.0 cm³/mol. The summed E-state index contributed by atoms with van der Waals surface area (Å²) in [6, 6.07) is 8.12. The molecule has 3 heteroatoms. The molecule has 0 unspecified atom stereocenters. The summed E-state index contributed by atoms with van der Waals surface area (Å²) in [7, 11) is 1.70. The van der Waals surface area contributed by atoms with Crippen LogP contribution in [-0.2, 0) is 5.41 Å². The summed E-state index contributed by atoms with van der Waals surface area (Å²) in [5, 5.41) is 10.4. The van der Waals surface area contributed by atoms with Gasteiger partial charge in [-0.3, -0.25) is 0 Å². The van der Waals surface area contributed by atoms with E-state index in [1.807, 2.05) is 18.2 Å². The van der Waals surface area contributed by atoms with Gasteiger partial charge in [-0.15, -0.1) is 0 Å². The van der Waals surface area contributed by atoms with E-state index in [-0.39, 0.29) is 11.5 Å². The molecule has 1 aliphatic carbocycles. The van der Waals surface area contributed by atoms with Crippen LogP contribution in [0.1, 0.15) is 31.2 Å². The molecule has 1 atom stereocenters. The molecule has 94 valence electrons. The number of aliphatic hydroxyl groups excluding tert-OH is 1. The quantitative estimate of drug-likeness (QED) is 0.655. The van der Waals surface area contributed by atoms with Crippen molar-refractivity contribution < 1.29 is 9.84 Å². The SMILES string of the molecule is COc1ccccc1C1([C@H](O)CCI)CCC1. The van der Waals surface area contributed by atoms with Gasteiger partial charge in [-0.2, -0.15) is 0 Å². The minimum atomic E-state index is -0.246. The van der Waals surface area contributed by atoms with Gasteiger partial charge in [0.05, 0.1) is 13.2 Å². The van der Waals surface area contributed by atoms with Gasteiger partial charge in [-0.05, 0) is 25.3 Å². The van der Waals surface area contributed by atoms with Crippen LogP contribution >= 0.6 is 22.6 Å². The van der Waals surface area contributed by atoms with Gasteiger partial charge < -0.3 is 9.84 Å². The summed E-state index contributed by atoms with van der Waals surface area (Å²) in [4.78, 5) is 0. The lowest BCUT2D eigenvalue weighted by Gasteiger charge is -2.46. The number of alkyl halides is 1. The zero-order valence-corrected chi connectivity index (χ0v) is 12.3. The third-order valence-electron chi connectivity index (χ3n) is 3.91. The number of hydrogen-bond acceptors (Lipinski definition) is 2. The van der Waals surface area contributed by atoms with Crippen molar-refractivity contribution in [3.63, 3.8) is 0 Å². The Balaban J connectivity index is 2.34. The second-order valence-corrected chi connectivity index (χ2v) is 5.78. The third kappa shape index (κ3) is 2.32. The fourth-order valence-electron chi connectivity index (χ4n) is 2.78. The normalized spacial score (nSPS) is 19.5. The fourth-order valence-corrected chi connectivity index (χ4v) is 3.37. The van der Waals surface area contributed by atoms with Gasteiger partial charge in [-0.25, -0.2) is 0 Å². The molecule has 17 heavy (non-hydrogen) atoms. The summed E-state index contributed by atoms with van der Waals surface area (Å²) < 4.78 is 6.44. The van der Waals surface area contributed by atoms with Crippen molar-refractivity contribution >= 4 is 22.6 Å². The smallest absolute Gasteiger partial charge is 0.122 e. The second-order valence-electron chi connectivity index (χ2n) is 4.70. The second kappa shape index (κ2) is 5.57. The highest BCUT2D eigenvalue weighted by atomic mass is 127. The number of aliphatic hydroxyl groups is 1. The molecule has 0 amide bonds. The van der Waals surface area contributed by atoms with Gasteiger partial charge in [0.25, 0.3) is 0 Å². The van der Waals surface area contributed by atoms with Crippen LogP contribution in [0.25, 0.3) is 0 Å². The Morgan fingerprint density at radius 3 is 2.65 bits per heavy atom. The van der Waals surface area contributed by atoms with Gasteiger partial charge in [0.1, 0.15) is 5.75 Å². The maximum Gasteiger partial charge on any atom is 0.122 e. The van der Waals surface area contributed by atoms with Gasteiger partial charge in [0.2, 0.25) is 0 Å². The minimum absolute atomic E-state index is 0.0578. The number of hydrogen-bond donors (Lipinski definition) is 1. The number of ether oxygens (including phenoxy) is 1. The Bertz CT molecular complexity index is 374. The number of methoxy groups -OCH3 is 1. The molecule has 0 spiro atoms. The fraction of sp³-hybridized carbons (Fsp3) is 0.571. The van der Waals surface area contributed by atoms with E-state index in [0.29, 0.717) is 0 Å². The van der Waals surface area contributed by atoms with Crippen LogP contribution in [0.4, 0.5) is 0 Å². The number of rotatable bonds is 5. The van der Waals surface area contributed by atoms with E-state index in [2.05, 4.69) is 28.7 Å². The lowest BCUT2D eigenvalue weighted by Crippen LogP contribution is -2.46. The first-order chi connectivity index (χ1) is 8.24. The first-order valence-corrected chi connectivity index (χ1v) is 7.64. The Morgan fingerprint density at radius 1 is 1.41 bits per heavy atom. The molecule has 1 aliphatic rings. The number of halogens is 1. The lowest BCUT2D eigenvalue weighted by molar-refractivity contribution is 0.0254. The van der Waals surface area contributed by atoms with Crippen molar-refractivity contribution in [1.82, 2.24) is 0 Å². The molecule has 0 aromatic heterocycles. The minimum Gasteiger partial charge on any atom is -0.496 e. The molecule has 1 N–H and O–H groups in total. The van der Waals surface area contributed by atoms with Crippen LogP contribution in [0, 0.1) is 0 Å². The molecule has 2 nitrogen and oxygen atoms in total. The molecule has 0 saturated heterocycles. The molecule has 0 aliphatic heterocycles. The Morgan fingerprint density at radius 2 is 2.12 bits per heavy atom. The van der Waals surface area contributed by atoms with Crippen molar-refractivity contribution in [2.24, 2.45) is 0 Å². The molecule has 1 saturated carbocycles. The number of benzene rings is 1. The molecular formula is C14H19IO2. The lowest BCUT2D eigenvalue weighted by atomic mass is 9.60. The zero-order valence-electron chi connectivity index (χ0n) is 10.2. The summed E-state index contributed by atoms with van der Waals surface area (Å²) in [5.41, 5.74) is 1.13. The maximum absolute atomic E-state index is 10.4. The van der Waals surface area contributed by atoms with Crippen molar-refractivity contribution in [2.75, 3.05) is 11.5 Å². The van der Waals surface area contributed by atoms with Crippen LogP contribution < -0.4 is 4.74 Å². The predicted octanol–water partition coefficient (Wildman–Crippen LogP) is 3.30. The van der Waals surface area contributed by atoms with Crippen molar-refractivity contribution in [2.45, 2.75) is 37.2 Å². The highest BCUT2D eigenvalue weighted by Gasteiger charge is 2.45. The van der Waals surface area contributed by atoms with Crippen molar-refractivity contribution in [3.05, 3.63) is 29.8 Å². The molecule has 1 aromatic rings. The largest absolute Gasteiger partial charge is 0.496 e. The highest BCUT2D eigenvalue weighted by Crippen LogP contribution is 2.50. The highest BCUT2D eigenvalue weighted by molar-refractivity contribution is 14.1. The van der Waals surface area contributed by atoms with Crippen molar-refractivity contribution in [3.8, 4) is 5.75 Å². The average Bonchev–Trinajstić information content (AvgIpc) is 2.29. The van der Waals surface area contributed by atoms with Gasteiger partial charge in [0, 0.05) is 15.4 Å². The topological polar surface area (TPSA) is 29.5 Å². The Hall–Kier alpha value is -0.290. The van der Waals surface area contributed by atoms with E-state index in [1.54, 1.807) is 7.11 Å². The Labute approximate surface area is 117 Å². The summed E-state index contributed by atoms with van der Waals surface area (Å²) in [5.74, 6) is 0.916. The van der Waals surface area contributed by atoms with Crippen LogP contribution in [0.5, 0.6) is 5.75 Å². The zero-order chi connectivity index (χ0) is 12.3. The molecule has 0 bridgehead atoms. The monoisotopic (exact) mass is 346 g/mol. The van der Waals surface area contributed by atoms with E-state index in [9.17, 15) is 5.11 Å². The molecule has 0 heterocycles. The third-order valence-corrected chi connectivity index (χ3v) is 4.53. The van der Waals surface area contributed by atoms with E-state index in [4.69, 9.17) is 4.74 Å². The van der Waals surface area contributed by atoms with E-state index < -0.39 is 0 Å². The Kier molecular flexibility index (Phi) is 4.31. The van der Waals surface area contributed by atoms with Crippen LogP contribution in [0.3, 0.4) is 0 Å². The summed E-state index contributed by atoms with van der Waals surface area (Å²) in [6.07, 6.45) is 3.97. The van der Waals surface area contributed by atoms with Gasteiger partial charge >= 0.3 is 0 Å². The number of para-hydroxylation sites is 1. The average molecular weight is 346 g/mol. The van der Waals surface area contributed by atoms with Crippen LogP contribution in [0.2, 0.25) is 0 Å². The molecule has 0 radical (unpaired) electrons. The van der Waals surface area contributed by atoms with Gasteiger partial charge in [0.15, 0.2) is 0 Å². The first-order valence-electron chi connectivity index (χ1n) is 6.12.